The van der Waals surface area contributed by atoms with Gasteiger partial charge in [-0.3, -0.25) is 4.79 Å². The van der Waals surface area contributed by atoms with E-state index in [1.165, 1.54) is 12.8 Å². The smallest absolute Gasteiger partial charge is 0.268 e. The van der Waals surface area contributed by atoms with Gasteiger partial charge in [-0.15, -0.1) is 0 Å². The van der Waals surface area contributed by atoms with E-state index in [1.807, 2.05) is 12.1 Å². The lowest BCUT2D eigenvalue weighted by Crippen LogP contribution is -2.36. The molecule has 0 bridgehead atoms. The van der Waals surface area contributed by atoms with Gasteiger partial charge in [0.25, 0.3) is 5.91 Å². The van der Waals surface area contributed by atoms with Crippen LogP contribution >= 0.6 is 0 Å². The second-order valence-corrected chi connectivity index (χ2v) is 6.34. The van der Waals surface area contributed by atoms with Crippen LogP contribution in [0.2, 0.25) is 0 Å². The quantitative estimate of drug-likeness (QED) is 0.866. The molecule has 4 nitrogen and oxygen atoms in total. The molecular weight excluding hydrogens is 250 g/mol. The van der Waals surface area contributed by atoms with Gasteiger partial charge in [-0.1, -0.05) is 12.8 Å². The van der Waals surface area contributed by atoms with Crippen LogP contribution in [-0.4, -0.2) is 29.6 Å². The molecule has 1 atom stereocenters. The summed E-state index contributed by atoms with van der Waals surface area (Å²) in [5.74, 6) is 0.934. The summed E-state index contributed by atoms with van der Waals surface area (Å²) in [6.07, 6.45) is 8.06. The Hall–Kier alpha value is -1.29. The molecule has 1 aliphatic carbocycles. The van der Waals surface area contributed by atoms with E-state index in [1.54, 1.807) is 0 Å². The second kappa shape index (κ2) is 6.00. The van der Waals surface area contributed by atoms with Crippen LogP contribution in [0.1, 0.15) is 55.6 Å². The zero-order valence-corrected chi connectivity index (χ0v) is 12.3. The van der Waals surface area contributed by atoms with Crippen LogP contribution in [0.3, 0.4) is 0 Å². The lowest BCUT2D eigenvalue weighted by Gasteiger charge is -2.26. The Labute approximate surface area is 120 Å². The number of amides is 1. The zero-order chi connectivity index (χ0) is 13.9. The first-order valence-electron chi connectivity index (χ1n) is 7.92. The first-order chi connectivity index (χ1) is 9.74. The first-order valence-corrected chi connectivity index (χ1v) is 7.92. The Balaban J connectivity index is 1.63. The normalized spacial score (nSPS) is 21.6. The van der Waals surface area contributed by atoms with Crippen LogP contribution in [0.25, 0.3) is 0 Å². The Morgan fingerprint density at radius 1 is 1.40 bits per heavy atom. The molecule has 3 rings (SSSR count). The number of rotatable bonds is 5. The van der Waals surface area contributed by atoms with Crippen molar-refractivity contribution in [1.82, 2.24) is 15.2 Å². The van der Waals surface area contributed by atoms with Crippen LogP contribution in [0, 0.1) is 5.92 Å². The van der Waals surface area contributed by atoms with Crippen LogP contribution < -0.4 is 10.6 Å². The summed E-state index contributed by atoms with van der Waals surface area (Å²) in [5.41, 5.74) is 0.819. The van der Waals surface area contributed by atoms with Gasteiger partial charge in [-0.05, 0) is 57.3 Å². The van der Waals surface area contributed by atoms with Crippen molar-refractivity contribution < 1.29 is 4.79 Å². The molecule has 1 unspecified atom stereocenters. The summed E-state index contributed by atoms with van der Waals surface area (Å²) >= 11 is 0. The standard InChI is InChI=1S/C16H25N3O/c1-12(11-13-4-5-13)18-16(20)15-3-2-10-19(15)14-6-8-17-9-7-14/h2-3,10,12-14,17H,4-9,11H2,1H3,(H,18,20). The minimum absolute atomic E-state index is 0.0849. The molecule has 0 radical (unpaired) electrons. The van der Waals surface area contributed by atoms with E-state index >= 15 is 0 Å². The van der Waals surface area contributed by atoms with Gasteiger partial charge in [0, 0.05) is 18.3 Å². The third kappa shape index (κ3) is 3.23. The van der Waals surface area contributed by atoms with Crippen molar-refractivity contribution >= 4 is 5.91 Å². The molecule has 1 amide bonds. The molecule has 1 aliphatic heterocycles. The molecule has 1 aromatic heterocycles. The van der Waals surface area contributed by atoms with Gasteiger partial charge in [-0.25, -0.2) is 0 Å². The summed E-state index contributed by atoms with van der Waals surface area (Å²) in [6, 6.07) is 4.68. The molecular formula is C16H25N3O. The molecule has 2 aliphatic rings. The number of hydrogen-bond donors (Lipinski definition) is 2. The maximum absolute atomic E-state index is 12.4. The minimum Gasteiger partial charge on any atom is -0.348 e. The van der Waals surface area contributed by atoms with E-state index in [9.17, 15) is 4.79 Å². The van der Waals surface area contributed by atoms with Crippen molar-refractivity contribution in [2.75, 3.05) is 13.1 Å². The van der Waals surface area contributed by atoms with Crippen molar-refractivity contribution in [2.24, 2.45) is 5.92 Å². The predicted molar refractivity (Wildman–Crippen MR) is 79.8 cm³/mol. The largest absolute Gasteiger partial charge is 0.348 e. The lowest BCUT2D eigenvalue weighted by atomic mass is 10.1. The maximum atomic E-state index is 12.4. The highest BCUT2D eigenvalue weighted by molar-refractivity contribution is 5.93. The molecule has 1 saturated carbocycles. The molecule has 1 aromatic rings. The van der Waals surface area contributed by atoms with E-state index in [0.29, 0.717) is 6.04 Å². The highest BCUT2D eigenvalue weighted by atomic mass is 16.2. The second-order valence-electron chi connectivity index (χ2n) is 6.34. The van der Waals surface area contributed by atoms with Gasteiger partial charge in [0.2, 0.25) is 0 Å². The molecule has 2 N–H and O–H groups in total. The number of carbonyl (C=O) groups is 1. The lowest BCUT2D eigenvalue weighted by molar-refractivity contribution is 0.0924. The number of piperidine rings is 1. The number of nitrogens with one attached hydrogen (secondary N) is 2. The fraction of sp³-hybridized carbons (Fsp3) is 0.688. The third-order valence-electron chi connectivity index (χ3n) is 4.47. The zero-order valence-electron chi connectivity index (χ0n) is 12.3. The summed E-state index contributed by atoms with van der Waals surface area (Å²) in [4.78, 5) is 12.4. The fourth-order valence-corrected chi connectivity index (χ4v) is 3.20. The highest BCUT2D eigenvalue weighted by Gasteiger charge is 2.25. The van der Waals surface area contributed by atoms with Crippen LogP contribution in [-0.2, 0) is 0 Å². The Morgan fingerprint density at radius 2 is 2.15 bits per heavy atom. The number of carbonyl (C=O) groups excluding carboxylic acids is 1. The van der Waals surface area contributed by atoms with Crippen LogP contribution in [0.4, 0.5) is 0 Å². The van der Waals surface area contributed by atoms with Crippen molar-refractivity contribution in [3.8, 4) is 0 Å². The molecule has 4 heteroatoms. The van der Waals surface area contributed by atoms with Gasteiger partial charge < -0.3 is 15.2 Å². The average Bonchev–Trinajstić information content (AvgIpc) is 3.11. The topological polar surface area (TPSA) is 46.1 Å². The summed E-state index contributed by atoms with van der Waals surface area (Å²) < 4.78 is 2.17. The molecule has 1 saturated heterocycles. The monoisotopic (exact) mass is 275 g/mol. The molecule has 2 heterocycles. The number of aromatic nitrogens is 1. The van der Waals surface area contributed by atoms with Crippen LogP contribution in [0.5, 0.6) is 0 Å². The van der Waals surface area contributed by atoms with E-state index < -0.39 is 0 Å². The Morgan fingerprint density at radius 3 is 2.85 bits per heavy atom. The van der Waals surface area contributed by atoms with Gasteiger partial charge in [0.15, 0.2) is 0 Å². The summed E-state index contributed by atoms with van der Waals surface area (Å²) in [6.45, 7) is 4.21. The molecule has 20 heavy (non-hydrogen) atoms. The summed E-state index contributed by atoms with van der Waals surface area (Å²) in [7, 11) is 0. The predicted octanol–water partition coefficient (Wildman–Crippen LogP) is 2.33. The Bertz CT molecular complexity index is 458. The molecule has 0 spiro atoms. The highest BCUT2D eigenvalue weighted by Crippen LogP contribution is 2.33. The van der Waals surface area contributed by atoms with Gasteiger partial charge in [-0.2, -0.15) is 0 Å². The molecule has 2 fully saturated rings. The van der Waals surface area contributed by atoms with E-state index in [-0.39, 0.29) is 11.9 Å². The van der Waals surface area contributed by atoms with Gasteiger partial charge in [0.1, 0.15) is 5.69 Å². The fourth-order valence-electron chi connectivity index (χ4n) is 3.20. The van der Waals surface area contributed by atoms with Crippen LogP contribution in [0.15, 0.2) is 18.3 Å². The minimum atomic E-state index is 0.0849. The number of nitrogens with zero attached hydrogens (tertiary/aromatic N) is 1. The van der Waals surface area contributed by atoms with Crippen molar-refractivity contribution in [2.45, 2.75) is 51.1 Å². The maximum Gasteiger partial charge on any atom is 0.268 e. The Kier molecular flexibility index (Phi) is 4.10. The SMILES string of the molecule is CC(CC1CC1)NC(=O)c1cccn1C1CCNCC1. The van der Waals surface area contributed by atoms with Crippen molar-refractivity contribution in [3.63, 3.8) is 0 Å². The number of hydrogen-bond acceptors (Lipinski definition) is 2. The van der Waals surface area contributed by atoms with E-state index in [2.05, 4.69) is 28.3 Å². The first kappa shape index (κ1) is 13.7. The third-order valence-corrected chi connectivity index (χ3v) is 4.47. The van der Waals surface area contributed by atoms with Gasteiger partial charge >= 0.3 is 0 Å². The molecule has 110 valence electrons. The molecule has 0 aromatic carbocycles. The van der Waals surface area contributed by atoms with Crippen molar-refractivity contribution in [3.05, 3.63) is 24.0 Å². The van der Waals surface area contributed by atoms with Gasteiger partial charge in [0.05, 0.1) is 0 Å². The van der Waals surface area contributed by atoms with E-state index in [0.717, 1.165) is 44.0 Å². The van der Waals surface area contributed by atoms with Crippen molar-refractivity contribution in [1.29, 1.82) is 0 Å². The van der Waals surface area contributed by atoms with E-state index in [4.69, 9.17) is 0 Å². The average molecular weight is 275 g/mol. The summed E-state index contributed by atoms with van der Waals surface area (Å²) in [5, 5.41) is 6.53.